The van der Waals surface area contributed by atoms with Crippen LogP contribution in [0.4, 0.5) is 5.69 Å². The van der Waals surface area contributed by atoms with Crippen molar-refractivity contribution in [2.75, 3.05) is 11.4 Å². The molecule has 1 N–H and O–H groups in total. The molecule has 0 aliphatic carbocycles. The van der Waals surface area contributed by atoms with Crippen LogP contribution in [0.2, 0.25) is 5.02 Å². The van der Waals surface area contributed by atoms with Gasteiger partial charge in [0.1, 0.15) is 5.82 Å². The van der Waals surface area contributed by atoms with E-state index in [4.69, 9.17) is 18.0 Å². The molecular formula is C25H20ClN3O3S. The zero-order chi connectivity index (χ0) is 23.6. The van der Waals surface area contributed by atoms with Crippen LogP contribution >= 0.6 is 11.6 Å². The average molecular weight is 478 g/mol. The van der Waals surface area contributed by atoms with Crippen LogP contribution in [0.15, 0.2) is 81.3 Å². The van der Waals surface area contributed by atoms with Crippen LogP contribution < -0.4 is 10.5 Å². The molecule has 1 aromatic heterocycles. The average Bonchev–Trinajstić information content (AvgIpc) is 2.79. The molecule has 0 aliphatic heterocycles. The monoisotopic (exact) mass is 477 g/mol. The van der Waals surface area contributed by atoms with E-state index in [9.17, 15) is 13.2 Å². The van der Waals surface area contributed by atoms with Crippen LogP contribution in [-0.4, -0.2) is 24.9 Å². The van der Waals surface area contributed by atoms with Crippen LogP contribution in [0.25, 0.3) is 10.9 Å². The van der Waals surface area contributed by atoms with E-state index in [2.05, 4.69) is 15.9 Å². The quantitative estimate of drug-likeness (QED) is 0.417. The van der Waals surface area contributed by atoms with E-state index >= 15 is 0 Å². The van der Waals surface area contributed by atoms with E-state index in [0.29, 0.717) is 29.0 Å². The normalized spacial score (nSPS) is 11.3. The molecule has 1 heterocycles. The van der Waals surface area contributed by atoms with E-state index < -0.39 is 9.84 Å². The molecule has 4 rings (SSSR count). The fourth-order valence-corrected chi connectivity index (χ4v) is 5.51. The SMILES string of the molecule is C#CCN(Cc1cccc2nc(C)[nH]c(=O)c12)c1ccc(S(=O)(=O)c2ccccc2)c(Cl)c1. The first-order valence-corrected chi connectivity index (χ1v) is 11.9. The second-order valence-electron chi connectivity index (χ2n) is 7.45. The fourth-order valence-electron chi connectivity index (χ4n) is 3.69. The highest BCUT2D eigenvalue weighted by molar-refractivity contribution is 7.91. The summed E-state index contributed by atoms with van der Waals surface area (Å²) in [4.78, 5) is 21.8. The molecule has 0 amide bonds. The minimum Gasteiger partial charge on any atom is -0.356 e. The predicted octanol–water partition coefficient (Wildman–Crippen LogP) is 4.36. The van der Waals surface area contributed by atoms with Crippen molar-refractivity contribution >= 4 is 38.0 Å². The summed E-state index contributed by atoms with van der Waals surface area (Å²) in [5, 5.41) is 0.575. The van der Waals surface area contributed by atoms with Crippen molar-refractivity contribution in [1.29, 1.82) is 0 Å². The summed E-state index contributed by atoms with van der Waals surface area (Å²) >= 11 is 6.43. The lowest BCUT2D eigenvalue weighted by molar-refractivity contribution is 0.596. The number of halogens is 1. The summed E-state index contributed by atoms with van der Waals surface area (Å²) in [5.74, 6) is 3.15. The third kappa shape index (κ3) is 4.49. The number of rotatable bonds is 6. The molecule has 33 heavy (non-hydrogen) atoms. The topological polar surface area (TPSA) is 83.1 Å². The first-order chi connectivity index (χ1) is 15.8. The highest BCUT2D eigenvalue weighted by Gasteiger charge is 2.22. The number of H-pyrrole nitrogens is 1. The molecule has 0 fully saturated rings. The van der Waals surface area contributed by atoms with Gasteiger partial charge in [0.25, 0.3) is 5.56 Å². The van der Waals surface area contributed by atoms with Crippen LogP contribution in [-0.2, 0) is 16.4 Å². The molecule has 0 spiro atoms. The lowest BCUT2D eigenvalue weighted by Crippen LogP contribution is -2.24. The number of fused-ring (bicyclic) bond motifs is 1. The molecule has 0 radical (unpaired) electrons. The Morgan fingerprint density at radius 2 is 1.85 bits per heavy atom. The van der Waals surface area contributed by atoms with Crippen molar-refractivity contribution in [2.24, 2.45) is 0 Å². The molecule has 0 unspecified atom stereocenters. The minimum absolute atomic E-state index is 0.0149. The van der Waals surface area contributed by atoms with Gasteiger partial charge in [-0.2, -0.15) is 0 Å². The van der Waals surface area contributed by atoms with Crippen molar-refractivity contribution in [2.45, 2.75) is 23.3 Å². The van der Waals surface area contributed by atoms with Crippen LogP contribution in [0.3, 0.4) is 0 Å². The molecule has 3 aromatic carbocycles. The number of benzene rings is 3. The molecule has 0 aliphatic rings. The molecule has 6 nitrogen and oxygen atoms in total. The van der Waals surface area contributed by atoms with E-state index in [1.165, 1.54) is 18.2 Å². The number of aromatic nitrogens is 2. The van der Waals surface area contributed by atoms with Gasteiger partial charge in [-0.25, -0.2) is 13.4 Å². The fraction of sp³-hybridized carbons (Fsp3) is 0.120. The van der Waals surface area contributed by atoms with Crippen molar-refractivity contribution in [1.82, 2.24) is 9.97 Å². The number of sulfone groups is 1. The highest BCUT2D eigenvalue weighted by Crippen LogP contribution is 2.32. The van der Waals surface area contributed by atoms with Gasteiger partial charge in [-0.15, -0.1) is 6.42 Å². The van der Waals surface area contributed by atoms with E-state index in [1.807, 2.05) is 17.0 Å². The van der Waals surface area contributed by atoms with Crippen LogP contribution in [0.1, 0.15) is 11.4 Å². The number of nitrogens with zero attached hydrogens (tertiary/aromatic N) is 2. The largest absolute Gasteiger partial charge is 0.356 e. The summed E-state index contributed by atoms with van der Waals surface area (Å²) in [6, 6.07) is 18.3. The number of aromatic amines is 1. The van der Waals surface area contributed by atoms with Crippen molar-refractivity contribution in [3.8, 4) is 12.3 Å². The number of nitrogens with one attached hydrogen (secondary N) is 1. The maximum atomic E-state index is 13.0. The zero-order valence-electron chi connectivity index (χ0n) is 17.7. The molecule has 0 atom stereocenters. The molecule has 0 saturated carbocycles. The Morgan fingerprint density at radius 1 is 1.09 bits per heavy atom. The molecule has 8 heteroatoms. The van der Waals surface area contributed by atoms with Gasteiger partial charge in [0, 0.05) is 12.2 Å². The second kappa shape index (κ2) is 9.10. The lowest BCUT2D eigenvalue weighted by atomic mass is 10.1. The van der Waals surface area contributed by atoms with Gasteiger partial charge >= 0.3 is 0 Å². The van der Waals surface area contributed by atoms with Crippen molar-refractivity contribution < 1.29 is 8.42 Å². The first-order valence-electron chi connectivity index (χ1n) is 10.1. The third-order valence-corrected chi connectivity index (χ3v) is 7.46. The Morgan fingerprint density at radius 3 is 2.55 bits per heavy atom. The van der Waals surface area contributed by atoms with E-state index in [0.717, 1.165) is 5.56 Å². The van der Waals surface area contributed by atoms with Crippen molar-refractivity contribution in [3.05, 3.63) is 93.5 Å². The Hall–Kier alpha value is -3.60. The summed E-state index contributed by atoms with van der Waals surface area (Å²) in [6.07, 6.45) is 5.60. The summed E-state index contributed by atoms with van der Waals surface area (Å²) in [5.41, 5.74) is 1.75. The van der Waals surface area contributed by atoms with Gasteiger partial charge in [-0.1, -0.05) is 47.9 Å². The summed E-state index contributed by atoms with van der Waals surface area (Å²) < 4.78 is 26.0. The van der Waals surface area contributed by atoms with E-state index in [-0.39, 0.29) is 26.9 Å². The maximum Gasteiger partial charge on any atom is 0.259 e. The Labute approximate surface area is 196 Å². The summed E-state index contributed by atoms with van der Waals surface area (Å²) in [7, 11) is -3.77. The van der Waals surface area contributed by atoms with Gasteiger partial charge in [0.15, 0.2) is 0 Å². The third-order valence-electron chi connectivity index (χ3n) is 5.21. The molecule has 4 aromatic rings. The standard InChI is InChI=1S/C25H20ClN3O3S/c1-3-14-29(16-18-8-7-11-22-24(18)25(30)28-17(2)27-22)19-12-13-23(21(26)15-19)33(31,32)20-9-5-4-6-10-20/h1,4-13,15H,14,16H2,2H3,(H,27,28,30). The number of terminal acetylenes is 1. The second-order valence-corrected chi connectivity index (χ2v) is 9.78. The Bertz CT molecular complexity index is 1540. The van der Waals surface area contributed by atoms with Crippen LogP contribution in [0, 0.1) is 19.3 Å². The summed E-state index contributed by atoms with van der Waals surface area (Å²) in [6.45, 7) is 2.27. The number of hydrogen-bond donors (Lipinski definition) is 1. The highest BCUT2D eigenvalue weighted by atomic mass is 35.5. The van der Waals surface area contributed by atoms with Gasteiger partial charge in [0.2, 0.25) is 9.84 Å². The lowest BCUT2D eigenvalue weighted by Gasteiger charge is -2.24. The van der Waals surface area contributed by atoms with Gasteiger partial charge < -0.3 is 9.88 Å². The van der Waals surface area contributed by atoms with Crippen molar-refractivity contribution in [3.63, 3.8) is 0 Å². The number of hydrogen-bond acceptors (Lipinski definition) is 5. The molecular weight excluding hydrogens is 458 g/mol. The van der Waals surface area contributed by atoms with Crippen LogP contribution in [0.5, 0.6) is 0 Å². The maximum absolute atomic E-state index is 13.0. The number of aryl methyl sites for hydroxylation is 1. The zero-order valence-corrected chi connectivity index (χ0v) is 19.3. The Kier molecular flexibility index (Phi) is 6.23. The minimum atomic E-state index is -3.77. The number of anilines is 1. The van der Waals surface area contributed by atoms with Gasteiger partial charge in [0.05, 0.1) is 32.3 Å². The van der Waals surface area contributed by atoms with Gasteiger partial charge in [-0.05, 0) is 48.9 Å². The van der Waals surface area contributed by atoms with E-state index in [1.54, 1.807) is 43.3 Å². The molecule has 0 bridgehead atoms. The first kappa shape index (κ1) is 22.6. The molecule has 0 saturated heterocycles. The predicted molar refractivity (Wildman–Crippen MR) is 130 cm³/mol. The smallest absolute Gasteiger partial charge is 0.259 e. The van der Waals surface area contributed by atoms with Gasteiger partial charge in [-0.3, -0.25) is 4.79 Å². The Balaban J connectivity index is 1.73. The molecule has 166 valence electrons.